The number of nitrogens with zero attached hydrogens (tertiary/aromatic N) is 2. The Balaban J connectivity index is 2.24. The molecular formula is C14H17BrN2. The van der Waals surface area contributed by atoms with Crippen molar-refractivity contribution in [2.75, 3.05) is 18.0 Å². The molecule has 0 amide bonds. The van der Waals surface area contributed by atoms with Crippen molar-refractivity contribution in [1.29, 1.82) is 5.26 Å². The Morgan fingerprint density at radius 1 is 1.53 bits per heavy atom. The van der Waals surface area contributed by atoms with E-state index in [0.717, 1.165) is 41.2 Å². The van der Waals surface area contributed by atoms with Crippen LogP contribution in [-0.4, -0.2) is 13.1 Å². The second-order valence-corrected chi connectivity index (χ2v) is 5.17. The molecule has 0 radical (unpaired) electrons. The lowest BCUT2D eigenvalue weighted by Gasteiger charge is -2.20. The van der Waals surface area contributed by atoms with Crippen molar-refractivity contribution in [3.63, 3.8) is 0 Å². The van der Waals surface area contributed by atoms with Gasteiger partial charge in [0.15, 0.2) is 0 Å². The number of anilines is 1. The summed E-state index contributed by atoms with van der Waals surface area (Å²) in [6.45, 7) is 4.42. The van der Waals surface area contributed by atoms with Gasteiger partial charge in [-0.05, 0) is 30.0 Å². The first-order valence-corrected chi connectivity index (χ1v) is 7.24. The second-order valence-electron chi connectivity index (χ2n) is 4.61. The van der Waals surface area contributed by atoms with Crippen molar-refractivity contribution in [2.45, 2.75) is 25.1 Å². The van der Waals surface area contributed by atoms with Gasteiger partial charge in [-0.2, -0.15) is 5.26 Å². The molecule has 1 aliphatic heterocycles. The van der Waals surface area contributed by atoms with Gasteiger partial charge >= 0.3 is 0 Å². The zero-order valence-corrected chi connectivity index (χ0v) is 11.7. The van der Waals surface area contributed by atoms with Gasteiger partial charge in [0, 0.05) is 18.4 Å². The summed E-state index contributed by atoms with van der Waals surface area (Å²) in [6, 6.07) is 8.50. The van der Waals surface area contributed by atoms with Crippen molar-refractivity contribution in [3.05, 3.63) is 29.3 Å². The van der Waals surface area contributed by atoms with Gasteiger partial charge in [0.2, 0.25) is 0 Å². The van der Waals surface area contributed by atoms with Gasteiger partial charge < -0.3 is 4.90 Å². The van der Waals surface area contributed by atoms with Gasteiger partial charge in [-0.15, -0.1) is 0 Å². The van der Waals surface area contributed by atoms with E-state index in [9.17, 15) is 5.26 Å². The lowest BCUT2D eigenvalue weighted by Crippen LogP contribution is -2.20. The summed E-state index contributed by atoms with van der Waals surface area (Å²) < 4.78 is 0. The third-order valence-corrected chi connectivity index (χ3v) is 4.19. The van der Waals surface area contributed by atoms with Gasteiger partial charge in [-0.1, -0.05) is 35.3 Å². The maximum atomic E-state index is 9.23. The van der Waals surface area contributed by atoms with Crippen LogP contribution in [0.3, 0.4) is 0 Å². The normalized spacial score (nSPS) is 19.4. The average molecular weight is 293 g/mol. The largest absolute Gasteiger partial charge is 0.370 e. The number of alkyl halides is 1. The minimum atomic E-state index is 0.789. The van der Waals surface area contributed by atoms with Crippen LogP contribution in [0, 0.1) is 17.2 Å². The quantitative estimate of drug-likeness (QED) is 0.795. The van der Waals surface area contributed by atoms with Gasteiger partial charge in [-0.3, -0.25) is 0 Å². The standard InChI is InChI=1S/C14H17BrN2/c1-2-11-5-6-17(10-11)14-4-3-12(8-15)7-13(14)9-16/h3-4,7,11H,2,5-6,8,10H2,1H3. The number of hydrogen-bond donors (Lipinski definition) is 0. The molecular weight excluding hydrogens is 276 g/mol. The van der Waals surface area contributed by atoms with Crippen LogP contribution < -0.4 is 4.90 Å². The van der Waals surface area contributed by atoms with E-state index in [0.29, 0.717) is 0 Å². The molecule has 1 saturated heterocycles. The average Bonchev–Trinajstić information content (AvgIpc) is 2.86. The Labute approximate surface area is 111 Å². The van der Waals surface area contributed by atoms with E-state index in [2.05, 4.69) is 46.0 Å². The third kappa shape index (κ3) is 2.63. The van der Waals surface area contributed by atoms with Crippen molar-refractivity contribution >= 4 is 21.6 Å². The molecule has 2 nitrogen and oxygen atoms in total. The van der Waals surface area contributed by atoms with E-state index in [1.165, 1.54) is 12.8 Å². The van der Waals surface area contributed by atoms with Crippen LogP contribution in [0.15, 0.2) is 18.2 Å². The van der Waals surface area contributed by atoms with E-state index in [1.807, 2.05) is 6.07 Å². The second kappa shape index (κ2) is 5.55. The number of benzene rings is 1. The van der Waals surface area contributed by atoms with Crippen LogP contribution in [0.25, 0.3) is 0 Å². The number of hydrogen-bond acceptors (Lipinski definition) is 2. The fourth-order valence-electron chi connectivity index (χ4n) is 2.42. The Kier molecular flexibility index (Phi) is 4.06. The smallest absolute Gasteiger partial charge is 0.101 e. The molecule has 1 aromatic carbocycles. The van der Waals surface area contributed by atoms with Crippen molar-refractivity contribution < 1.29 is 0 Å². The maximum absolute atomic E-state index is 9.23. The predicted molar refractivity (Wildman–Crippen MR) is 74.4 cm³/mol. The first-order chi connectivity index (χ1) is 8.28. The molecule has 0 bridgehead atoms. The summed E-state index contributed by atoms with van der Waals surface area (Å²) in [5.74, 6) is 0.789. The van der Waals surface area contributed by atoms with Gasteiger partial charge in [0.25, 0.3) is 0 Å². The third-order valence-electron chi connectivity index (χ3n) is 3.54. The SMILES string of the molecule is CCC1CCN(c2ccc(CBr)cc2C#N)C1. The minimum absolute atomic E-state index is 0.789. The Morgan fingerprint density at radius 2 is 2.35 bits per heavy atom. The molecule has 2 rings (SSSR count). The van der Waals surface area contributed by atoms with E-state index in [4.69, 9.17) is 0 Å². The molecule has 0 aliphatic carbocycles. The van der Waals surface area contributed by atoms with E-state index in [1.54, 1.807) is 0 Å². The summed E-state index contributed by atoms with van der Waals surface area (Å²) in [5.41, 5.74) is 3.07. The maximum Gasteiger partial charge on any atom is 0.101 e. The summed E-state index contributed by atoms with van der Waals surface area (Å²) >= 11 is 3.43. The monoisotopic (exact) mass is 292 g/mol. The molecule has 17 heavy (non-hydrogen) atoms. The van der Waals surface area contributed by atoms with E-state index in [-0.39, 0.29) is 0 Å². The molecule has 1 aromatic rings. The molecule has 1 atom stereocenters. The van der Waals surface area contributed by atoms with Crippen LogP contribution >= 0.6 is 15.9 Å². The lowest BCUT2D eigenvalue weighted by atomic mass is 10.1. The fourth-order valence-corrected chi connectivity index (χ4v) is 2.77. The molecule has 1 fully saturated rings. The summed E-state index contributed by atoms with van der Waals surface area (Å²) in [4.78, 5) is 2.35. The molecule has 90 valence electrons. The summed E-state index contributed by atoms with van der Waals surface area (Å²) in [5, 5.41) is 10.0. The predicted octanol–water partition coefficient (Wildman–Crippen LogP) is 3.69. The van der Waals surface area contributed by atoms with E-state index >= 15 is 0 Å². The Hall–Kier alpha value is -1.01. The highest BCUT2D eigenvalue weighted by Gasteiger charge is 2.22. The number of nitriles is 1. The van der Waals surface area contributed by atoms with Crippen LogP contribution in [0.5, 0.6) is 0 Å². The van der Waals surface area contributed by atoms with Crippen molar-refractivity contribution in [1.82, 2.24) is 0 Å². The first kappa shape index (κ1) is 12.4. The van der Waals surface area contributed by atoms with Gasteiger partial charge in [-0.25, -0.2) is 0 Å². The van der Waals surface area contributed by atoms with Crippen LogP contribution in [-0.2, 0) is 5.33 Å². The molecule has 1 heterocycles. The summed E-state index contributed by atoms with van der Waals surface area (Å²) in [6.07, 6.45) is 2.49. The fraction of sp³-hybridized carbons (Fsp3) is 0.500. The zero-order chi connectivity index (χ0) is 12.3. The van der Waals surface area contributed by atoms with Crippen LogP contribution in [0.1, 0.15) is 30.9 Å². The molecule has 3 heteroatoms. The van der Waals surface area contributed by atoms with Gasteiger partial charge in [0.1, 0.15) is 6.07 Å². The Morgan fingerprint density at radius 3 is 2.94 bits per heavy atom. The van der Waals surface area contributed by atoms with Crippen LogP contribution in [0.2, 0.25) is 0 Å². The molecule has 0 spiro atoms. The number of halogens is 1. The topological polar surface area (TPSA) is 27.0 Å². The highest BCUT2D eigenvalue weighted by atomic mass is 79.9. The lowest BCUT2D eigenvalue weighted by molar-refractivity contribution is 0.569. The number of rotatable bonds is 3. The zero-order valence-electron chi connectivity index (χ0n) is 10.1. The van der Waals surface area contributed by atoms with Crippen molar-refractivity contribution in [2.24, 2.45) is 5.92 Å². The highest BCUT2D eigenvalue weighted by Crippen LogP contribution is 2.29. The molecule has 0 saturated carbocycles. The summed E-state index contributed by atoms with van der Waals surface area (Å²) in [7, 11) is 0. The van der Waals surface area contributed by atoms with Crippen molar-refractivity contribution in [3.8, 4) is 6.07 Å². The molecule has 0 N–H and O–H groups in total. The van der Waals surface area contributed by atoms with Gasteiger partial charge in [0.05, 0.1) is 11.3 Å². The first-order valence-electron chi connectivity index (χ1n) is 6.12. The highest BCUT2D eigenvalue weighted by molar-refractivity contribution is 9.08. The molecule has 1 aliphatic rings. The van der Waals surface area contributed by atoms with Crippen LogP contribution in [0.4, 0.5) is 5.69 Å². The molecule has 1 unspecified atom stereocenters. The molecule has 0 aromatic heterocycles. The van der Waals surface area contributed by atoms with E-state index < -0.39 is 0 Å². The minimum Gasteiger partial charge on any atom is -0.370 e. The Bertz CT molecular complexity index is 436.